The fourth-order valence-electron chi connectivity index (χ4n) is 3.62. The second-order valence-corrected chi connectivity index (χ2v) is 6.58. The lowest BCUT2D eigenvalue weighted by Crippen LogP contribution is -2.54. The summed E-state index contributed by atoms with van der Waals surface area (Å²) in [7, 11) is 0. The van der Waals surface area contributed by atoms with Crippen molar-refractivity contribution in [2.24, 2.45) is 5.92 Å². The number of carbonyl (C=O) groups is 1. The molecule has 1 aromatic heterocycles. The van der Waals surface area contributed by atoms with Crippen molar-refractivity contribution in [3.05, 3.63) is 30.1 Å². The van der Waals surface area contributed by atoms with Crippen molar-refractivity contribution in [3.63, 3.8) is 0 Å². The lowest BCUT2D eigenvalue weighted by molar-refractivity contribution is -0.00598. The lowest BCUT2D eigenvalue weighted by Gasteiger charge is -2.41. The molecule has 0 bridgehead atoms. The predicted octanol–water partition coefficient (Wildman–Crippen LogP) is 2.52. The van der Waals surface area contributed by atoms with Crippen LogP contribution in [0.4, 0.5) is 4.79 Å². The maximum atomic E-state index is 12.1. The molecule has 3 heterocycles. The van der Waals surface area contributed by atoms with Crippen LogP contribution in [-0.2, 0) is 11.3 Å². The van der Waals surface area contributed by atoms with Gasteiger partial charge in [0, 0.05) is 37.3 Å². The Morgan fingerprint density at radius 3 is 2.86 bits per heavy atom. The van der Waals surface area contributed by atoms with Crippen molar-refractivity contribution in [2.45, 2.75) is 45.3 Å². The van der Waals surface area contributed by atoms with Gasteiger partial charge in [0.25, 0.3) is 0 Å². The number of fused-ring (bicyclic) bond motifs is 1. The zero-order valence-corrected chi connectivity index (χ0v) is 13.4. The highest BCUT2D eigenvalue weighted by Crippen LogP contribution is 2.29. The van der Waals surface area contributed by atoms with Gasteiger partial charge in [0.05, 0.1) is 12.3 Å². The molecule has 1 aromatic rings. The van der Waals surface area contributed by atoms with Gasteiger partial charge in [-0.15, -0.1) is 0 Å². The Hall–Kier alpha value is -1.62. The SMILES string of the molecule is CC(C)N1C(=O)OC[C@H]2CCN(Cc3ccccn3)CC[C@@H]21. The van der Waals surface area contributed by atoms with Crippen molar-refractivity contribution in [2.75, 3.05) is 19.7 Å². The molecule has 0 aromatic carbocycles. The zero-order valence-electron chi connectivity index (χ0n) is 13.4. The maximum absolute atomic E-state index is 12.1. The number of pyridine rings is 1. The third-order valence-electron chi connectivity index (χ3n) is 4.76. The van der Waals surface area contributed by atoms with E-state index in [1.165, 1.54) is 0 Å². The predicted molar refractivity (Wildman–Crippen MR) is 84.3 cm³/mol. The van der Waals surface area contributed by atoms with E-state index in [0.717, 1.165) is 38.2 Å². The van der Waals surface area contributed by atoms with Crippen LogP contribution in [0, 0.1) is 5.92 Å². The van der Waals surface area contributed by atoms with Crippen molar-refractivity contribution < 1.29 is 9.53 Å². The van der Waals surface area contributed by atoms with E-state index >= 15 is 0 Å². The molecule has 0 radical (unpaired) electrons. The average molecular weight is 303 g/mol. The van der Waals surface area contributed by atoms with Crippen LogP contribution in [0.5, 0.6) is 0 Å². The van der Waals surface area contributed by atoms with Gasteiger partial charge in [0.2, 0.25) is 0 Å². The van der Waals surface area contributed by atoms with Gasteiger partial charge in [-0.2, -0.15) is 0 Å². The summed E-state index contributed by atoms with van der Waals surface area (Å²) in [5.74, 6) is 0.453. The molecule has 2 atom stereocenters. The minimum atomic E-state index is -0.144. The van der Waals surface area contributed by atoms with Crippen molar-refractivity contribution in [1.29, 1.82) is 0 Å². The van der Waals surface area contributed by atoms with E-state index in [0.29, 0.717) is 18.6 Å². The van der Waals surface area contributed by atoms with Gasteiger partial charge in [-0.25, -0.2) is 4.79 Å². The van der Waals surface area contributed by atoms with Crippen LogP contribution < -0.4 is 0 Å². The number of nitrogens with zero attached hydrogens (tertiary/aromatic N) is 3. The summed E-state index contributed by atoms with van der Waals surface area (Å²) in [5, 5.41) is 0. The smallest absolute Gasteiger partial charge is 0.410 e. The summed E-state index contributed by atoms with van der Waals surface area (Å²) < 4.78 is 5.39. The van der Waals surface area contributed by atoms with Gasteiger partial charge >= 0.3 is 6.09 Å². The summed E-state index contributed by atoms with van der Waals surface area (Å²) in [6.07, 6.45) is 3.80. The molecule has 2 aliphatic rings. The minimum Gasteiger partial charge on any atom is -0.449 e. The zero-order chi connectivity index (χ0) is 15.5. The fraction of sp³-hybridized carbons (Fsp3) is 0.647. The molecule has 2 saturated heterocycles. The van der Waals surface area contributed by atoms with Gasteiger partial charge in [-0.1, -0.05) is 6.07 Å². The molecule has 5 nitrogen and oxygen atoms in total. The fourth-order valence-corrected chi connectivity index (χ4v) is 3.62. The van der Waals surface area contributed by atoms with Crippen LogP contribution in [0.1, 0.15) is 32.4 Å². The molecule has 2 aliphatic heterocycles. The number of hydrogen-bond acceptors (Lipinski definition) is 4. The monoisotopic (exact) mass is 303 g/mol. The van der Waals surface area contributed by atoms with Gasteiger partial charge in [-0.3, -0.25) is 9.88 Å². The number of rotatable bonds is 3. The highest BCUT2D eigenvalue weighted by atomic mass is 16.6. The van der Waals surface area contributed by atoms with Crippen LogP contribution in [0.3, 0.4) is 0 Å². The Morgan fingerprint density at radius 2 is 2.14 bits per heavy atom. The Labute approximate surface area is 132 Å². The summed E-state index contributed by atoms with van der Waals surface area (Å²) in [4.78, 5) is 20.9. The standard InChI is InChI=1S/C17H25N3O2/c1-13(2)20-16-7-10-19(11-15-5-3-4-8-18-15)9-6-14(16)12-22-17(20)21/h3-5,8,13-14,16H,6-7,9-12H2,1-2H3/t14-,16+/m1/s1. The second kappa shape index (κ2) is 6.65. The van der Waals surface area contributed by atoms with E-state index in [1.54, 1.807) is 0 Å². The number of hydrogen-bond donors (Lipinski definition) is 0. The third-order valence-corrected chi connectivity index (χ3v) is 4.76. The number of ether oxygens (including phenoxy) is 1. The summed E-state index contributed by atoms with van der Waals surface area (Å²) >= 11 is 0. The number of carbonyl (C=O) groups excluding carboxylic acids is 1. The molecule has 0 saturated carbocycles. The lowest BCUT2D eigenvalue weighted by atomic mass is 9.92. The first kappa shape index (κ1) is 15.3. The van der Waals surface area contributed by atoms with Gasteiger partial charge in [-0.05, 0) is 45.4 Å². The third kappa shape index (κ3) is 3.24. The molecule has 0 spiro atoms. The van der Waals surface area contributed by atoms with E-state index in [-0.39, 0.29) is 12.1 Å². The molecule has 2 fully saturated rings. The molecule has 0 N–H and O–H groups in total. The molecule has 22 heavy (non-hydrogen) atoms. The Balaban J connectivity index is 1.67. The molecule has 3 rings (SSSR count). The highest BCUT2D eigenvalue weighted by molar-refractivity contribution is 5.69. The average Bonchev–Trinajstić information content (AvgIpc) is 2.70. The first-order chi connectivity index (χ1) is 10.6. The molecule has 120 valence electrons. The maximum Gasteiger partial charge on any atom is 0.410 e. The first-order valence-electron chi connectivity index (χ1n) is 8.22. The largest absolute Gasteiger partial charge is 0.449 e. The quantitative estimate of drug-likeness (QED) is 0.861. The Morgan fingerprint density at radius 1 is 1.32 bits per heavy atom. The van der Waals surface area contributed by atoms with Gasteiger partial charge in [0.1, 0.15) is 0 Å². The normalized spacial score (nSPS) is 26.5. The summed E-state index contributed by atoms with van der Waals surface area (Å²) in [6, 6.07) is 6.57. The van der Waals surface area contributed by atoms with E-state index in [4.69, 9.17) is 4.74 Å². The van der Waals surface area contributed by atoms with Crippen molar-refractivity contribution in [1.82, 2.24) is 14.8 Å². The molecular formula is C17H25N3O2. The van der Waals surface area contributed by atoms with Crippen LogP contribution >= 0.6 is 0 Å². The second-order valence-electron chi connectivity index (χ2n) is 6.58. The highest BCUT2D eigenvalue weighted by Gasteiger charge is 2.39. The number of aromatic nitrogens is 1. The first-order valence-corrected chi connectivity index (χ1v) is 8.22. The Kier molecular flexibility index (Phi) is 4.62. The topological polar surface area (TPSA) is 45.7 Å². The van der Waals surface area contributed by atoms with Gasteiger partial charge < -0.3 is 9.64 Å². The summed E-state index contributed by atoms with van der Waals surface area (Å²) in [6.45, 7) is 7.65. The number of likely N-dealkylation sites (tertiary alicyclic amines) is 1. The minimum absolute atomic E-state index is 0.144. The molecule has 0 unspecified atom stereocenters. The van der Waals surface area contributed by atoms with Crippen molar-refractivity contribution in [3.8, 4) is 0 Å². The molecular weight excluding hydrogens is 278 g/mol. The van der Waals surface area contributed by atoms with Crippen molar-refractivity contribution >= 4 is 6.09 Å². The van der Waals surface area contributed by atoms with Crippen LogP contribution in [0.25, 0.3) is 0 Å². The van der Waals surface area contributed by atoms with Crippen LogP contribution in [0.15, 0.2) is 24.4 Å². The van der Waals surface area contributed by atoms with E-state index < -0.39 is 0 Å². The van der Waals surface area contributed by atoms with Crippen LogP contribution in [0.2, 0.25) is 0 Å². The number of amides is 1. The summed E-state index contributed by atoms with van der Waals surface area (Å²) in [5.41, 5.74) is 1.11. The number of cyclic esters (lactones) is 1. The van der Waals surface area contributed by atoms with E-state index in [9.17, 15) is 4.79 Å². The molecule has 1 amide bonds. The van der Waals surface area contributed by atoms with Crippen LogP contribution in [-0.4, -0.2) is 52.7 Å². The van der Waals surface area contributed by atoms with E-state index in [2.05, 4.69) is 29.8 Å². The van der Waals surface area contributed by atoms with Gasteiger partial charge in [0.15, 0.2) is 0 Å². The Bertz CT molecular complexity index is 506. The van der Waals surface area contributed by atoms with E-state index in [1.807, 2.05) is 23.2 Å². The molecule has 0 aliphatic carbocycles. The molecule has 5 heteroatoms.